The zero-order valence-electron chi connectivity index (χ0n) is 20.1. The van der Waals surface area contributed by atoms with E-state index in [-0.39, 0.29) is 61.9 Å². The standard InChI is InChI=1S/C26H37FO8/c27-17-7-9-18(10-8-17)31-15-19(33-24-5-1-3-11-29-24)16-32-26-20-13-23(28)34-21(20)14-22(26)35-25-6-2-4-12-30-25/h7-10,19-26,28H,1-6,11-16H2/t19?,20-,21-,22+,23?,24?,25?,26+/m1/s1. The molecule has 8 atom stereocenters. The summed E-state index contributed by atoms with van der Waals surface area (Å²) < 4.78 is 55.4. The van der Waals surface area contributed by atoms with E-state index in [2.05, 4.69) is 0 Å². The van der Waals surface area contributed by atoms with Crippen molar-refractivity contribution in [1.82, 2.24) is 0 Å². The van der Waals surface area contributed by atoms with E-state index in [1.807, 2.05) is 0 Å². The van der Waals surface area contributed by atoms with Crippen molar-refractivity contribution in [3.63, 3.8) is 0 Å². The van der Waals surface area contributed by atoms with Gasteiger partial charge in [-0.2, -0.15) is 0 Å². The molecule has 1 N–H and O–H groups in total. The monoisotopic (exact) mass is 496 g/mol. The van der Waals surface area contributed by atoms with E-state index in [1.54, 1.807) is 12.1 Å². The molecule has 8 nitrogen and oxygen atoms in total. The smallest absolute Gasteiger partial charge is 0.158 e. The molecule has 0 radical (unpaired) electrons. The lowest BCUT2D eigenvalue weighted by Gasteiger charge is -2.32. The Hall–Kier alpha value is -1.33. The van der Waals surface area contributed by atoms with Crippen molar-refractivity contribution in [3.05, 3.63) is 30.1 Å². The number of aliphatic hydroxyl groups is 1. The Balaban J connectivity index is 1.22. The molecular weight excluding hydrogens is 459 g/mol. The van der Waals surface area contributed by atoms with Gasteiger partial charge in [0.05, 0.1) is 24.9 Å². The highest BCUT2D eigenvalue weighted by molar-refractivity contribution is 5.22. The maximum Gasteiger partial charge on any atom is 0.158 e. The first-order valence-corrected chi connectivity index (χ1v) is 13.0. The molecule has 0 amide bonds. The third-order valence-electron chi connectivity index (χ3n) is 7.21. The van der Waals surface area contributed by atoms with Crippen molar-refractivity contribution >= 4 is 0 Å². The maximum atomic E-state index is 13.3. The van der Waals surface area contributed by atoms with Crippen LogP contribution >= 0.6 is 0 Å². The zero-order chi connectivity index (χ0) is 24.0. The van der Waals surface area contributed by atoms with Gasteiger partial charge in [0, 0.05) is 32.0 Å². The van der Waals surface area contributed by atoms with Crippen LogP contribution in [0, 0.1) is 11.7 Å². The number of hydrogen-bond donors (Lipinski definition) is 1. The lowest BCUT2D eigenvalue weighted by molar-refractivity contribution is -0.227. The topological polar surface area (TPSA) is 84.8 Å². The first kappa shape index (κ1) is 25.3. The van der Waals surface area contributed by atoms with Crippen molar-refractivity contribution in [2.45, 2.75) is 94.7 Å². The molecule has 9 heteroatoms. The molecule has 0 spiro atoms. The predicted molar refractivity (Wildman–Crippen MR) is 122 cm³/mol. The van der Waals surface area contributed by atoms with Crippen molar-refractivity contribution in [2.24, 2.45) is 5.92 Å². The van der Waals surface area contributed by atoms with Crippen molar-refractivity contribution in [1.29, 1.82) is 0 Å². The Morgan fingerprint density at radius 1 is 0.943 bits per heavy atom. The minimum absolute atomic E-state index is 0.0446. The second-order valence-electron chi connectivity index (χ2n) is 9.85. The lowest BCUT2D eigenvalue weighted by Crippen LogP contribution is -2.40. The van der Waals surface area contributed by atoms with Gasteiger partial charge in [-0.3, -0.25) is 0 Å². The number of benzene rings is 1. The highest BCUT2D eigenvalue weighted by atomic mass is 19.1. The Morgan fingerprint density at radius 2 is 1.69 bits per heavy atom. The minimum atomic E-state index is -0.771. The van der Waals surface area contributed by atoms with E-state index in [0.717, 1.165) is 38.5 Å². The summed E-state index contributed by atoms with van der Waals surface area (Å²) in [6, 6.07) is 5.92. The van der Waals surface area contributed by atoms with Gasteiger partial charge in [-0.25, -0.2) is 4.39 Å². The number of aliphatic hydroxyl groups excluding tert-OH is 1. The highest BCUT2D eigenvalue weighted by Crippen LogP contribution is 2.42. The SMILES string of the molecule is OC1C[C@H]2[C@H](OCC(COc3ccc(F)cc3)OC3CCCCO3)[C@@H](OC3CCCCO3)C[C@H]2O1. The van der Waals surface area contributed by atoms with Crippen LogP contribution in [0.1, 0.15) is 51.4 Å². The average molecular weight is 497 g/mol. The van der Waals surface area contributed by atoms with E-state index >= 15 is 0 Å². The van der Waals surface area contributed by atoms with Crippen LogP contribution in [0.4, 0.5) is 4.39 Å². The van der Waals surface area contributed by atoms with Crippen LogP contribution in [-0.4, -0.2) is 74.8 Å². The van der Waals surface area contributed by atoms with Crippen LogP contribution in [0.25, 0.3) is 0 Å². The first-order valence-electron chi connectivity index (χ1n) is 13.0. The number of fused-ring (bicyclic) bond motifs is 1. The summed E-state index contributed by atoms with van der Waals surface area (Å²) in [5, 5.41) is 10.1. The lowest BCUT2D eigenvalue weighted by atomic mass is 10.0. The van der Waals surface area contributed by atoms with Crippen molar-refractivity contribution in [2.75, 3.05) is 26.4 Å². The second kappa shape index (κ2) is 12.3. The summed E-state index contributed by atoms with van der Waals surface area (Å²) in [7, 11) is 0. The van der Waals surface area contributed by atoms with Gasteiger partial charge in [0.2, 0.25) is 0 Å². The largest absolute Gasteiger partial charge is 0.491 e. The molecular formula is C26H37FO8. The summed E-state index contributed by atoms with van der Waals surface area (Å²) in [6.07, 6.45) is 4.90. The number of ether oxygens (including phenoxy) is 7. The molecule has 4 unspecified atom stereocenters. The maximum absolute atomic E-state index is 13.3. The number of rotatable bonds is 10. The molecule has 1 saturated carbocycles. The molecule has 0 bridgehead atoms. The first-order chi connectivity index (χ1) is 17.1. The molecule has 196 valence electrons. The number of hydrogen-bond acceptors (Lipinski definition) is 8. The van der Waals surface area contributed by atoms with Crippen molar-refractivity contribution in [3.8, 4) is 5.75 Å². The second-order valence-corrected chi connectivity index (χ2v) is 9.85. The van der Waals surface area contributed by atoms with Crippen LogP contribution in [0.3, 0.4) is 0 Å². The van der Waals surface area contributed by atoms with Crippen LogP contribution in [-0.2, 0) is 28.4 Å². The third-order valence-corrected chi connectivity index (χ3v) is 7.21. The summed E-state index contributed by atoms with van der Waals surface area (Å²) in [5.41, 5.74) is 0. The van der Waals surface area contributed by atoms with Crippen LogP contribution in [0.15, 0.2) is 24.3 Å². The van der Waals surface area contributed by atoms with E-state index < -0.39 is 6.29 Å². The molecule has 1 aromatic carbocycles. The van der Waals surface area contributed by atoms with Gasteiger partial charge >= 0.3 is 0 Å². The Bertz CT molecular complexity index is 767. The molecule has 1 aromatic rings. The van der Waals surface area contributed by atoms with Crippen LogP contribution < -0.4 is 4.74 Å². The van der Waals surface area contributed by atoms with Gasteiger partial charge in [-0.15, -0.1) is 0 Å². The molecule has 35 heavy (non-hydrogen) atoms. The van der Waals surface area contributed by atoms with E-state index in [4.69, 9.17) is 33.2 Å². The minimum Gasteiger partial charge on any atom is -0.491 e. The predicted octanol–water partition coefficient (Wildman–Crippen LogP) is 3.54. The quantitative estimate of drug-likeness (QED) is 0.527. The Morgan fingerprint density at radius 3 is 2.40 bits per heavy atom. The molecule has 3 aliphatic heterocycles. The molecule has 4 fully saturated rings. The fraction of sp³-hybridized carbons (Fsp3) is 0.769. The van der Waals surface area contributed by atoms with Gasteiger partial charge in [-0.05, 0) is 62.8 Å². The highest BCUT2D eigenvalue weighted by Gasteiger charge is 2.51. The normalized spacial score (nSPS) is 36.1. The summed E-state index contributed by atoms with van der Waals surface area (Å²) in [6.45, 7) is 1.90. The van der Waals surface area contributed by atoms with E-state index in [1.165, 1.54) is 12.1 Å². The molecule has 1 aliphatic carbocycles. The average Bonchev–Trinajstić information content (AvgIpc) is 3.38. The fourth-order valence-electron chi connectivity index (χ4n) is 5.43. The number of halogens is 1. The van der Waals surface area contributed by atoms with Gasteiger partial charge in [0.25, 0.3) is 0 Å². The zero-order valence-corrected chi connectivity index (χ0v) is 20.1. The van der Waals surface area contributed by atoms with E-state index in [0.29, 0.717) is 31.8 Å². The summed E-state index contributed by atoms with van der Waals surface area (Å²) in [4.78, 5) is 0. The van der Waals surface area contributed by atoms with Gasteiger partial charge in [0.1, 0.15) is 24.3 Å². The third kappa shape index (κ3) is 6.91. The summed E-state index contributed by atoms with van der Waals surface area (Å²) in [5.74, 6) is 0.297. The van der Waals surface area contributed by atoms with Gasteiger partial charge < -0.3 is 38.3 Å². The molecule has 5 rings (SSSR count). The molecule has 3 heterocycles. The Labute approximate surface area is 205 Å². The summed E-state index contributed by atoms with van der Waals surface area (Å²) >= 11 is 0. The van der Waals surface area contributed by atoms with Crippen molar-refractivity contribution < 1.29 is 42.7 Å². The fourth-order valence-corrected chi connectivity index (χ4v) is 5.43. The van der Waals surface area contributed by atoms with Gasteiger partial charge in [0.15, 0.2) is 18.9 Å². The van der Waals surface area contributed by atoms with Gasteiger partial charge in [-0.1, -0.05) is 0 Å². The Kier molecular flexibility index (Phi) is 8.88. The van der Waals surface area contributed by atoms with Crippen LogP contribution in [0.2, 0.25) is 0 Å². The molecule has 0 aromatic heterocycles. The molecule has 3 saturated heterocycles. The van der Waals surface area contributed by atoms with Crippen LogP contribution in [0.5, 0.6) is 5.75 Å². The van der Waals surface area contributed by atoms with E-state index in [9.17, 15) is 9.50 Å². The molecule has 4 aliphatic rings.